The average molecular weight is 130 g/mol. The molecule has 1 amide bonds. The number of hydrogen-bond acceptors (Lipinski definition) is 3. The van der Waals surface area contributed by atoms with Gasteiger partial charge in [0.25, 0.3) is 0 Å². The van der Waals surface area contributed by atoms with Crippen LogP contribution < -0.4 is 0 Å². The summed E-state index contributed by atoms with van der Waals surface area (Å²) in [6, 6.07) is 0. The van der Waals surface area contributed by atoms with E-state index in [4.69, 9.17) is 0 Å². The Morgan fingerprint density at radius 2 is 2.75 bits per heavy atom. The molecule has 0 unspecified atom stereocenters. The van der Waals surface area contributed by atoms with Gasteiger partial charge in [-0.1, -0.05) is 11.8 Å². The lowest BCUT2D eigenvalue weighted by Gasteiger charge is -2.15. The second-order valence-corrected chi connectivity index (χ2v) is 2.22. The van der Waals surface area contributed by atoms with Crippen LogP contribution in [0.2, 0.25) is 0 Å². The van der Waals surface area contributed by atoms with Crippen LogP contribution in [0.25, 0.3) is 0 Å². The van der Waals surface area contributed by atoms with Gasteiger partial charge in [-0.15, -0.1) is 0 Å². The lowest BCUT2D eigenvalue weighted by Crippen LogP contribution is -2.23. The SMILES string of the molecule is O=CN1CN=CSC1. The molecule has 3 nitrogen and oxygen atoms in total. The van der Waals surface area contributed by atoms with Crippen LogP contribution in [0.5, 0.6) is 0 Å². The predicted octanol–water partition coefficient (Wildman–Crippen LogP) is 0.135. The molecule has 0 aromatic heterocycles. The number of carbonyl (C=O) groups is 1. The van der Waals surface area contributed by atoms with E-state index >= 15 is 0 Å². The van der Waals surface area contributed by atoms with E-state index in [9.17, 15) is 4.79 Å². The van der Waals surface area contributed by atoms with Gasteiger partial charge in [-0.3, -0.25) is 9.79 Å². The van der Waals surface area contributed by atoms with Crippen LogP contribution in [-0.2, 0) is 4.79 Å². The van der Waals surface area contributed by atoms with Crippen molar-refractivity contribution in [2.24, 2.45) is 4.99 Å². The molecule has 44 valence electrons. The van der Waals surface area contributed by atoms with Gasteiger partial charge in [0.15, 0.2) is 0 Å². The Bertz CT molecular complexity index is 115. The molecule has 1 heterocycles. The molecule has 1 aliphatic heterocycles. The van der Waals surface area contributed by atoms with E-state index in [2.05, 4.69) is 4.99 Å². The van der Waals surface area contributed by atoms with Crippen molar-refractivity contribution in [1.29, 1.82) is 0 Å². The normalized spacial score (nSPS) is 18.8. The maximum Gasteiger partial charge on any atom is 0.211 e. The quantitative estimate of drug-likeness (QED) is 0.473. The number of nitrogens with zero attached hydrogens (tertiary/aromatic N) is 2. The van der Waals surface area contributed by atoms with E-state index in [1.54, 1.807) is 10.4 Å². The van der Waals surface area contributed by atoms with Gasteiger partial charge in [0.05, 0.1) is 11.4 Å². The molecule has 0 atom stereocenters. The largest absolute Gasteiger partial charge is 0.316 e. The van der Waals surface area contributed by atoms with E-state index in [-0.39, 0.29) is 0 Å². The first kappa shape index (κ1) is 5.62. The van der Waals surface area contributed by atoms with Gasteiger partial charge >= 0.3 is 0 Å². The highest BCUT2D eigenvalue weighted by Crippen LogP contribution is 2.03. The minimum Gasteiger partial charge on any atom is -0.316 e. The number of thioether (sulfide) groups is 1. The number of amides is 1. The summed E-state index contributed by atoms with van der Waals surface area (Å²) >= 11 is 1.53. The molecule has 8 heavy (non-hydrogen) atoms. The Morgan fingerprint density at radius 3 is 3.12 bits per heavy atom. The van der Waals surface area contributed by atoms with Crippen LogP contribution in [0, 0.1) is 0 Å². The standard InChI is InChI=1S/C4H6N2OS/c7-3-6-1-5-2-8-4-6/h2-3H,1,4H2. The Kier molecular flexibility index (Phi) is 1.91. The highest BCUT2D eigenvalue weighted by atomic mass is 32.2. The minimum atomic E-state index is 0.524. The number of rotatable bonds is 1. The van der Waals surface area contributed by atoms with Crippen LogP contribution >= 0.6 is 11.8 Å². The second-order valence-electron chi connectivity index (χ2n) is 1.42. The Balaban J connectivity index is 2.37. The topological polar surface area (TPSA) is 32.7 Å². The summed E-state index contributed by atoms with van der Waals surface area (Å²) in [6.45, 7) is 0.524. The predicted molar refractivity (Wildman–Crippen MR) is 33.7 cm³/mol. The third-order valence-electron chi connectivity index (χ3n) is 0.802. The minimum absolute atomic E-state index is 0.524. The molecular weight excluding hydrogens is 124 g/mol. The van der Waals surface area contributed by atoms with Gasteiger partial charge in [0.1, 0.15) is 6.67 Å². The van der Waals surface area contributed by atoms with E-state index in [0.29, 0.717) is 6.67 Å². The molecule has 0 aliphatic carbocycles. The Hall–Kier alpha value is -0.510. The van der Waals surface area contributed by atoms with Crippen molar-refractivity contribution in [2.75, 3.05) is 12.5 Å². The first-order chi connectivity index (χ1) is 3.93. The summed E-state index contributed by atoms with van der Waals surface area (Å²) in [5, 5.41) is 0. The monoisotopic (exact) mass is 130 g/mol. The molecule has 0 radical (unpaired) electrons. The summed E-state index contributed by atoms with van der Waals surface area (Å²) in [6.07, 6.45) is 0.809. The maximum atomic E-state index is 10.00. The fourth-order valence-corrected chi connectivity index (χ4v) is 0.997. The zero-order chi connectivity index (χ0) is 5.82. The van der Waals surface area contributed by atoms with Gasteiger partial charge in [0, 0.05) is 0 Å². The van der Waals surface area contributed by atoms with E-state index in [1.807, 2.05) is 0 Å². The van der Waals surface area contributed by atoms with Crippen molar-refractivity contribution in [3.05, 3.63) is 0 Å². The average Bonchev–Trinajstić information content (AvgIpc) is 1.90. The number of carbonyl (C=O) groups excluding carboxylic acids is 1. The van der Waals surface area contributed by atoms with Gasteiger partial charge in [0.2, 0.25) is 6.41 Å². The highest BCUT2D eigenvalue weighted by molar-refractivity contribution is 8.12. The summed E-state index contributed by atoms with van der Waals surface area (Å²) in [4.78, 5) is 15.5. The van der Waals surface area contributed by atoms with Crippen molar-refractivity contribution < 1.29 is 4.79 Å². The molecule has 0 spiro atoms. The first-order valence-electron chi connectivity index (χ1n) is 2.23. The Morgan fingerprint density at radius 1 is 1.88 bits per heavy atom. The molecule has 4 heteroatoms. The zero-order valence-corrected chi connectivity index (χ0v) is 5.10. The van der Waals surface area contributed by atoms with Crippen LogP contribution in [0.15, 0.2) is 4.99 Å². The third-order valence-corrected chi connectivity index (χ3v) is 1.58. The van der Waals surface area contributed by atoms with Crippen LogP contribution in [-0.4, -0.2) is 29.4 Å². The van der Waals surface area contributed by atoms with Gasteiger partial charge in [-0.25, -0.2) is 0 Å². The molecule has 1 aliphatic rings. The molecule has 0 aromatic carbocycles. The fraction of sp³-hybridized carbons (Fsp3) is 0.500. The van der Waals surface area contributed by atoms with Gasteiger partial charge < -0.3 is 4.90 Å². The van der Waals surface area contributed by atoms with Crippen molar-refractivity contribution >= 4 is 23.7 Å². The highest BCUT2D eigenvalue weighted by Gasteiger charge is 2.00. The van der Waals surface area contributed by atoms with Crippen molar-refractivity contribution in [3.63, 3.8) is 0 Å². The van der Waals surface area contributed by atoms with Crippen molar-refractivity contribution in [2.45, 2.75) is 0 Å². The van der Waals surface area contributed by atoms with Gasteiger partial charge in [-0.05, 0) is 0 Å². The number of hydrogen-bond donors (Lipinski definition) is 0. The molecule has 0 bridgehead atoms. The summed E-state index contributed by atoms with van der Waals surface area (Å²) < 4.78 is 0. The number of aliphatic imine (C=N–C) groups is 1. The van der Waals surface area contributed by atoms with Crippen LogP contribution in [0.4, 0.5) is 0 Å². The lowest BCUT2D eigenvalue weighted by atomic mass is 10.9. The fourth-order valence-electron chi connectivity index (χ4n) is 0.425. The molecular formula is C4H6N2OS. The Labute approximate surface area is 51.8 Å². The van der Waals surface area contributed by atoms with E-state index in [0.717, 1.165) is 12.3 Å². The summed E-state index contributed by atoms with van der Waals surface area (Å²) in [7, 11) is 0. The molecule has 0 aromatic rings. The van der Waals surface area contributed by atoms with Crippen molar-refractivity contribution in [1.82, 2.24) is 4.90 Å². The second kappa shape index (κ2) is 2.71. The van der Waals surface area contributed by atoms with Crippen LogP contribution in [0.3, 0.4) is 0 Å². The molecule has 0 N–H and O–H groups in total. The zero-order valence-electron chi connectivity index (χ0n) is 4.28. The maximum absolute atomic E-state index is 10.00. The van der Waals surface area contributed by atoms with E-state index < -0.39 is 0 Å². The van der Waals surface area contributed by atoms with Crippen molar-refractivity contribution in [3.8, 4) is 0 Å². The smallest absolute Gasteiger partial charge is 0.211 e. The van der Waals surface area contributed by atoms with Crippen LogP contribution in [0.1, 0.15) is 0 Å². The molecule has 1 rings (SSSR count). The molecule has 0 fully saturated rings. The lowest BCUT2D eigenvalue weighted by molar-refractivity contribution is -0.117. The molecule has 0 saturated carbocycles. The first-order valence-corrected chi connectivity index (χ1v) is 3.27. The summed E-state index contributed by atoms with van der Waals surface area (Å²) in [5.74, 6) is 0.743. The van der Waals surface area contributed by atoms with Gasteiger partial charge in [-0.2, -0.15) is 0 Å². The third kappa shape index (κ3) is 1.23. The van der Waals surface area contributed by atoms with E-state index in [1.165, 1.54) is 11.8 Å². The summed E-state index contributed by atoms with van der Waals surface area (Å²) in [5.41, 5.74) is 1.76. The molecule has 0 saturated heterocycles.